The number of nitrogens with zero attached hydrogens (tertiary/aromatic N) is 1. The third kappa shape index (κ3) is 2.69. The van der Waals surface area contributed by atoms with Crippen LogP contribution in [-0.4, -0.2) is 12.1 Å². The summed E-state index contributed by atoms with van der Waals surface area (Å²) in [6.07, 6.45) is 0. The summed E-state index contributed by atoms with van der Waals surface area (Å²) >= 11 is 6.20. The number of fused-ring (bicyclic) bond motifs is 1. The number of halogens is 1. The molecule has 114 valence electrons. The summed E-state index contributed by atoms with van der Waals surface area (Å²) in [5.41, 5.74) is 2.42. The first-order chi connectivity index (χ1) is 10.5. The van der Waals surface area contributed by atoms with E-state index in [1.807, 2.05) is 57.2 Å². The number of rotatable bonds is 2. The SMILES string of the molecule is CC(C)N=C1Nc2ccc(Cl)cc2C(C)(c2ccccc2)O1. The van der Waals surface area contributed by atoms with Crippen molar-refractivity contribution in [3.63, 3.8) is 0 Å². The lowest BCUT2D eigenvalue weighted by atomic mass is 9.86. The fraction of sp³-hybridized carbons (Fsp3) is 0.278. The normalized spacial score (nSPS) is 22.1. The average Bonchev–Trinajstić information content (AvgIpc) is 2.48. The minimum absolute atomic E-state index is 0.149. The highest BCUT2D eigenvalue weighted by molar-refractivity contribution is 6.30. The van der Waals surface area contributed by atoms with Crippen molar-refractivity contribution in [3.8, 4) is 0 Å². The molecule has 1 unspecified atom stereocenters. The molecule has 3 nitrogen and oxygen atoms in total. The fourth-order valence-corrected chi connectivity index (χ4v) is 2.85. The Morgan fingerprint density at radius 2 is 1.86 bits per heavy atom. The molecular weight excluding hydrogens is 296 g/mol. The maximum Gasteiger partial charge on any atom is 0.290 e. The molecule has 1 heterocycles. The highest BCUT2D eigenvalue weighted by atomic mass is 35.5. The summed E-state index contributed by atoms with van der Waals surface area (Å²) in [5.74, 6) is 0. The molecule has 4 heteroatoms. The molecule has 0 saturated heterocycles. The number of amidine groups is 1. The van der Waals surface area contributed by atoms with E-state index in [1.54, 1.807) is 0 Å². The molecule has 22 heavy (non-hydrogen) atoms. The van der Waals surface area contributed by atoms with Crippen molar-refractivity contribution >= 4 is 23.3 Å². The van der Waals surface area contributed by atoms with Crippen LogP contribution in [0.15, 0.2) is 53.5 Å². The first-order valence-electron chi connectivity index (χ1n) is 7.38. The Bertz CT molecular complexity index is 712. The van der Waals surface area contributed by atoms with E-state index >= 15 is 0 Å². The zero-order valence-electron chi connectivity index (χ0n) is 12.9. The van der Waals surface area contributed by atoms with E-state index in [4.69, 9.17) is 16.3 Å². The van der Waals surface area contributed by atoms with Gasteiger partial charge in [-0.2, -0.15) is 0 Å². The van der Waals surface area contributed by atoms with E-state index in [-0.39, 0.29) is 6.04 Å². The quantitative estimate of drug-likeness (QED) is 0.863. The van der Waals surface area contributed by atoms with Crippen molar-refractivity contribution in [2.75, 3.05) is 5.32 Å². The minimum atomic E-state index is -0.625. The monoisotopic (exact) mass is 314 g/mol. The Kier molecular flexibility index (Phi) is 3.83. The van der Waals surface area contributed by atoms with Crippen LogP contribution in [0.25, 0.3) is 0 Å². The molecule has 0 amide bonds. The van der Waals surface area contributed by atoms with Crippen LogP contribution in [0.3, 0.4) is 0 Å². The van der Waals surface area contributed by atoms with Gasteiger partial charge >= 0.3 is 0 Å². The molecule has 3 rings (SSSR count). The van der Waals surface area contributed by atoms with Gasteiger partial charge in [0.15, 0.2) is 5.60 Å². The number of nitrogens with one attached hydrogen (secondary N) is 1. The number of aliphatic imine (C=N–C) groups is 1. The molecule has 1 atom stereocenters. The number of benzene rings is 2. The van der Waals surface area contributed by atoms with Crippen LogP contribution >= 0.6 is 11.6 Å². The predicted octanol–water partition coefficient (Wildman–Crippen LogP) is 4.81. The lowest BCUT2D eigenvalue weighted by Gasteiger charge is -2.38. The molecule has 0 spiro atoms. The third-order valence-corrected chi connectivity index (χ3v) is 3.97. The first kappa shape index (κ1) is 14.9. The van der Waals surface area contributed by atoms with Crippen molar-refractivity contribution < 1.29 is 4.74 Å². The average molecular weight is 315 g/mol. The van der Waals surface area contributed by atoms with E-state index in [2.05, 4.69) is 22.4 Å². The van der Waals surface area contributed by atoms with E-state index in [0.29, 0.717) is 11.0 Å². The summed E-state index contributed by atoms with van der Waals surface area (Å²) in [6, 6.07) is 16.6. The maximum atomic E-state index is 6.23. The maximum absolute atomic E-state index is 6.23. The van der Waals surface area contributed by atoms with Crippen LogP contribution in [0, 0.1) is 0 Å². The topological polar surface area (TPSA) is 33.6 Å². The fourth-order valence-electron chi connectivity index (χ4n) is 2.67. The van der Waals surface area contributed by atoms with E-state index in [0.717, 1.165) is 16.8 Å². The third-order valence-electron chi connectivity index (χ3n) is 3.74. The number of hydrogen-bond donors (Lipinski definition) is 1. The lowest BCUT2D eigenvalue weighted by molar-refractivity contribution is 0.112. The van der Waals surface area contributed by atoms with E-state index < -0.39 is 5.60 Å². The zero-order valence-corrected chi connectivity index (χ0v) is 13.7. The van der Waals surface area contributed by atoms with Crippen molar-refractivity contribution in [2.45, 2.75) is 32.4 Å². The van der Waals surface area contributed by atoms with Gasteiger partial charge in [0, 0.05) is 22.3 Å². The van der Waals surface area contributed by atoms with Gasteiger partial charge in [0.2, 0.25) is 0 Å². The molecule has 0 bridgehead atoms. The molecule has 2 aromatic carbocycles. The molecule has 0 fully saturated rings. The molecule has 1 aliphatic rings. The van der Waals surface area contributed by atoms with Gasteiger partial charge in [0.1, 0.15) is 0 Å². The van der Waals surface area contributed by atoms with Crippen LogP contribution in [0.2, 0.25) is 5.02 Å². The molecule has 2 aromatic rings. The Balaban J connectivity index is 2.17. The minimum Gasteiger partial charge on any atom is -0.449 e. The largest absolute Gasteiger partial charge is 0.449 e. The van der Waals surface area contributed by atoms with Crippen molar-refractivity contribution in [3.05, 3.63) is 64.7 Å². The van der Waals surface area contributed by atoms with Gasteiger partial charge in [0.05, 0.1) is 0 Å². The van der Waals surface area contributed by atoms with Crippen LogP contribution in [0.4, 0.5) is 5.69 Å². The summed E-state index contributed by atoms with van der Waals surface area (Å²) < 4.78 is 6.23. The van der Waals surface area contributed by atoms with Gasteiger partial charge in [-0.05, 0) is 44.5 Å². The predicted molar refractivity (Wildman–Crippen MR) is 91.6 cm³/mol. The Labute approximate surface area is 136 Å². The first-order valence-corrected chi connectivity index (χ1v) is 7.76. The van der Waals surface area contributed by atoms with Gasteiger partial charge in [-0.25, -0.2) is 4.99 Å². The summed E-state index contributed by atoms with van der Waals surface area (Å²) in [6.45, 7) is 6.10. The standard InChI is InChI=1S/C18H19ClN2O/c1-12(2)20-17-21-16-10-9-14(19)11-15(16)18(3,22-17)13-7-5-4-6-8-13/h4-12H,1-3H3,(H,20,21). The lowest BCUT2D eigenvalue weighted by Crippen LogP contribution is -2.39. The second kappa shape index (κ2) is 5.65. The second-order valence-electron chi connectivity index (χ2n) is 5.84. The summed E-state index contributed by atoms with van der Waals surface area (Å²) in [5, 5.41) is 3.94. The van der Waals surface area contributed by atoms with Gasteiger partial charge in [-0.15, -0.1) is 0 Å². The summed E-state index contributed by atoms with van der Waals surface area (Å²) in [4.78, 5) is 4.53. The molecule has 0 aliphatic carbocycles. The van der Waals surface area contributed by atoms with Crippen molar-refractivity contribution in [1.82, 2.24) is 0 Å². The highest BCUT2D eigenvalue weighted by Gasteiger charge is 2.38. The number of anilines is 1. The van der Waals surface area contributed by atoms with Gasteiger partial charge in [0.25, 0.3) is 6.02 Å². The van der Waals surface area contributed by atoms with Gasteiger partial charge < -0.3 is 10.1 Å². The second-order valence-corrected chi connectivity index (χ2v) is 6.28. The van der Waals surface area contributed by atoms with Crippen LogP contribution in [0.5, 0.6) is 0 Å². The Morgan fingerprint density at radius 3 is 2.55 bits per heavy atom. The van der Waals surface area contributed by atoms with Crippen molar-refractivity contribution in [1.29, 1.82) is 0 Å². The Morgan fingerprint density at radius 1 is 1.14 bits per heavy atom. The molecule has 1 aliphatic heterocycles. The van der Waals surface area contributed by atoms with Gasteiger partial charge in [-0.1, -0.05) is 41.9 Å². The molecular formula is C18H19ClN2O. The number of hydrogen-bond acceptors (Lipinski definition) is 2. The van der Waals surface area contributed by atoms with E-state index in [9.17, 15) is 0 Å². The highest BCUT2D eigenvalue weighted by Crippen LogP contribution is 2.42. The number of ether oxygens (including phenoxy) is 1. The summed E-state index contributed by atoms with van der Waals surface area (Å²) in [7, 11) is 0. The molecule has 0 saturated carbocycles. The van der Waals surface area contributed by atoms with Crippen LogP contribution in [-0.2, 0) is 10.3 Å². The van der Waals surface area contributed by atoms with E-state index in [1.165, 1.54) is 0 Å². The van der Waals surface area contributed by atoms with Crippen molar-refractivity contribution in [2.24, 2.45) is 4.99 Å². The molecule has 0 radical (unpaired) electrons. The Hall–Kier alpha value is -2.00. The van der Waals surface area contributed by atoms with Crippen LogP contribution < -0.4 is 5.32 Å². The zero-order chi connectivity index (χ0) is 15.7. The van der Waals surface area contributed by atoms with Gasteiger partial charge in [-0.3, -0.25) is 0 Å². The molecule has 0 aromatic heterocycles. The van der Waals surface area contributed by atoms with Crippen LogP contribution in [0.1, 0.15) is 31.9 Å². The molecule has 1 N–H and O–H groups in total. The smallest absolute Gasteiger partial charge is 0.290 e.